The standard InChI is InChI=1S/C13H21N5O2/c1-3-6-18-11(14-9-15-18)10(2)16-12(19)13(20)17-7-4-5-8-17/h9-10H,3-8H2,1-2H3,(H,16,19)/t10-/m0/s1. The number of aryl methyl sites for hydroxylation is 1. The van der Waals surface area contributed by atoms with Crippen molar-refractivity contribution in [1.82, 2.24) is 25.0 Å². The molecular formula is C13H21N5O2. The summed E-state index contributed by atoms with van der Waals surface area (Å²) in [6.45, 7) is 5.95. The van der Waals surface area contributed by atoms with Crippen molar-refractivity contribution in [3.63, 3.8) is 0 Å². The van der Waals surface area contributed by atoms with Crippen LogP contribution in [-0.4, -0.2) is 44.6 Å². The summed E-state index contributed by atoms with van der Waals surface area (Å²) in [5, 5.41) is 6.82. The smallest absolute Gasteiger partial charge is 0.311 e. The number of amides is 2. The molecule has 110 valence electrons. The number of nitrogens with zero attached hydrogens (tertiary/aromatic N) is 4. The van der Waals surface area contributed by atoms with Gasteiger partial charge in [0, 0.05) is 19.6 Å². The van der Waals surface area contributed by atoms with E-state index in [0.717, 1.165) is 25.8 Å². The highest BCUT2D eigenvalue weighted by molar-refractivity contribution is 6.35. The number of hydrogen-bond donors (Lipinski definition) is 1. The van der Waals surface area contributed by atoms with Gasteiger partial charge in [0.2, 0.25) is 0 Å². The molecule has 0 aromatic carbocycles. The van der Waals surface area contributed by atoms with Crippen LogP contribution >= 0.6 is 0 Å². The average molecular weight is 279 g/mol. The van der Waals surface area contributed by atoms with Crippen molar-refractivity contribution in [2.24, 2.45) is 0 Å². The third-order valence-electron chi connectivity index (χ3n) is 3.40. The monoisotopic (exact) mass is 279 g/mol. The van der Waals surface area contributed by atoms with Crippen LogP contribution in [0.2, 0.25) is 0 Å². The number of hydrogen-bond acceptors (Lipinski definition) is 4. The van der Waals surface area contributed by atoms with Crippen molar-refractivity contribution < 1.29 is 9.59 Å². The molecule has 7 heteroatoms. The number of carbonyl (C=O) groups is 2. The molecule has 20 heavy (non-hydrogen) atoms. The Morgan fingerprint density at radius 3 is 2.75 bits per heavy atom. The first-order chi connectivity index (χ1) is 9.63. The minimum absolute atomic E-state index is 0.330. The fourth-order valence-corrected chi connectivity index (χ4v) is 2.38. The Morgan fingerprint density at radius 2 is 2.10 bits per heavy atom. The molecule has 0 bridgehead atoms. The summed E-state index contributed by atoms with van der Waals surface area (Å²) in [5.74, 6) is -0.337. The number of carbonyl (C=O) groups excluding carboxylic acids is 2. The second-order valence-electron chi connectivity index (χ2n) is 5.04. The molecule has 1 fully saturated rings. The van der Waals surface area contributed by atoms with Crippen molar-refractivity contribution in [3.8, 4) is 0 Å². The SMILES string of the molecule is CCCn1ncnc1[C@H](C)NC(=O)C(=O)N1CCCC1. The lowest BCUT2D eigenvalue weighted by Crippen LogP contribution is -2.42. The Bertz CT molecular complexity index is 479. The number of likely N-dealkylation sites (tertiary alicyclic amines) is 1. The maximum Gasteiger partial charge on any atom is 0.311 e. The lowest BCUT2D eigenvalue weighted by Gasteiger charge is -2.17. The summed E-state index contributed by atoms with van der Waals surface area (Å²) in [7, 11) is 0. The van der Waals surface area contributed by atoms with Crippen molar-refractivity contribution in [1.29, 1.82) is 0 Å². The molecule has 2 heterocycles. The summed E-state index contributed by atoms with van der Waals surface area (Å²) in [4.78, 5) is 29.6. The fraction of sp³-hybridized carbons (Fsp3) is 0.692. The van der Waals surface area contributed by atoms with Gasteiger partial charge in [0.05, 0.1) is 6.04 Å². The Kier molecular flexibility index (Phi) is 4.70. The van der Waals surface area contributed by atoms with E-state index >= 15 is 0 Å². The Hall–Kier alpha value is -1.92. The maximum atomic E-state index is 11.9. The molecule has 1 aromatic heterocycles. The molecule has 0 radical (unpaired) electrons. The van der Waals surface area contributed by atoms with Crippen LogP contribution in [0.1, 0.15) is 45.0 Å². The number of rotatable bonds is 4. The quantitative estimate of drug-likeness (QED) is 0.813. The van der Waals surface area contributed by atoms with Crippen LogP contribution in [0.25, 0.3) is 0 Å². The van der Waals surface area contributed by atoms with Gasteiger partial charge in [0.25, 0.3) is 0 Å². The van der Waals surface area contributed by atoms with Crippen LogP contribution in [0.15, 0.2) is 6.33 Å². The van der Waals surface area contributed by atoms with E-state index in [9.17, 15) is 9.59 Å². The summed E-state index contributed by atoms with van der Waals surface area (Å²) in [5.41, 5.74) is 0. The van der Waals surface area contributed by atoms with E-state index in [4.69, 9.17) is 0 Å². The van der Waals surface area contributed by atoms with E-state index in [0.29, 0.717) is 18.9 Å². The van der Waals surface area contributed by atoms with Crippen LogP contribution < -0.4 is 5.32 Å². The average Bonchev–Trinajstić information content (AvgIpc) is 3.09. The Morgan fingerprint density at radius 1 is 1.40 bits per heavy atom. The van der Waals surface area contributed by atoms with E-state index in [-0.39, 0.29) is 6.04 Å². The number of aromatic nitrogens is 3. The normalized spacial score (nSPS) is 16.2. The first kappa shape index (κ1) is 14.5. The molecule has 7 nitrogen and oxygen atoms in total. The highest BCUT2D eigenvalue weighted by atomic mass is 16.2. The zero-order valence-electron chi connectivity index (χ0n) is 12.0. The van der Waals surface area contributed by atoms with Gasteiger partial charge in [-0.3, -0.25) is 9.59 Å². The molecule has 0 aliphatic carbocycles. The zero-order chi connectivity index (χ0) is 14.5. The summed E-state index contributed by atoms with van der Waals surface area (Å²) >= 11 is 0. The van der Waals surface area contributed by atoms with E-state index < -0.39 is 11.8 Å². The van der Waals surface area contributed by atoms with Gasteiger partial charge in [-0.2, -0.15) is 5.10 Å². The molecule has 1 aromatic rings. The van der Waals surface area contributed by atoms with Gasteiger partial charge in [-0.15, -0.1) is 0 Å². The first-order valence-electron chi connectivity index (χ1n) is 7.11. The largest absolute Gasteiger partial charge is 0.338 e. The molecule has 0 spiro atoms. The highest BCUT2D eigenvalue weighted by Gasteiger charge is 2.26. The molecule has 1 saturated heterocycles. The van der Waals surface area contributed by atoms with Gasteiger partial charge >= 0.3 is 11.8 Å². The van der Waals surface area contributed by atoms with Crippen LogP contribution in [0, 0.1) is 0 Å². The summed E-state index contributed by atoms with van der Waals surface area (Å²) in [6, 6.07) is -0.330. The Labute approximate surface area is 118 Å². The van der Waals surface area contributed by atoms with Crippen molar-refractivity contribution >= 4 is 11.8 Å². The minimum atomic E-state index is -0.564. The topological polar surface area (TPSA) is 80.1 Å². The van der Waals surface area contributed by atoms with Crippen LogP contribution in [0.5, 0.6) is 0 Å². The lowest BCUT2D eigenvalue weighted by atomic mass is 10.3. The van der Waals surface area contributed by atoms with Gasteiger partial charge in [-0.05, 0) is 26.2 Å². The van der Waals surface area contributed by atoms with Gasteiger partial charge in [0.1, 0.15) is 12.2 Å². The molecule has 1 aliphatic heterocycles. The van der Waals surface area contributed by atoms with Crippen LogP contribution in [0.4, 0.5) is 0 Å². The predicted molar refractivity (Wildman–Crippen MR) is 72.7 cm³/mol. The van der Waals surface area contributed by atoms with Crippen LogP contribution in [0.3, 0.4) is 0 Å². The second-order valence-corrected chi connectivity index (χ2v) is 5.04. The molecule has 0 unspecified atom stereocenters. The van der Waals surface area contributed by atoms with E-state index in [1.165, 1.54) is 6.33 Å². The second kappa shape index (κ2) is 6.49. The molecule has 1 N–H and O–H groups in total. The van der Waals surface area contributed by atoms with E-state index in [1.807, 2.05) is 13.8 Å². The van der Waals surface area contributed by atoms with Crippen molar-refractivity contribution in [2.45, 2.75) is 45.7 Å². The van der Waals surface area contributed by atoms with E-state index in [2.05, 4.69) is 15.4 Å². The fourth-order valence-electron chi connectivity index (χ4n) is 2.38. The molecule has 2 amide bonds. The van der Waals surface area contributed by atoms with Gasteiger partial charge in [0.15, 0.2) is 0 Å². The minimum Gasteiger partial charge on any atom is -0.338 e. The predicted octanol–water partition coefficient (Wildman–Crippen LogP) is 0.488. The zero-order valence-corrected chi connectivity index (χ0v) is 12.0. The lowest BCUT2D eigenvalue weighted by molar-refractivity contribution is -0.145. The molecule has 1 aliphatic rings. The highest BCUT2D eigenvalue weighted by Crippen LogP contribution is 2.11. The van der Waals surface area contributed by atoms with Gasteiger partial charge < -0.3 is 10.2 Å². The maximum absolute atomic E-state index is 11.9. The van der Waals surface area contributed by atoms with Crippen molar-refractivity contribution in [2.75, 3.05) is 13.1 Å². The number of nitrogens with one attached hydrogen (secondary N) is 1. The van der Waals surface area contributed by atoms with Crippen LogP contribution in [-0.2, 0) is 16.1 Å². The summed E-state index contributed by atoms with van der Waals surface area (Å²) < 4.78 is 1.76. The third kappa shape index (κ3) is 3.15. The molecular weight excluding hydrogens is 258 g/mol. The first-order valence-corrected chi connectivity index (χ1v) is 7.11. The Balaban J connectivity index is 1.96. The molecule has 0 saturated carbocycles. The van der Waals surface area contributed by atoms with Gasteiger partial charge in [-0.25, -0.2) is 9.67 Å². The summed E-state index contributed by atoms with van der Waals surface area (Å²) in [6.07, 6.45) is 4.35. The van der Waals surface area contributed by atoms with E-state index in [1.54, 1.807) is 9.58 Å². The van der Waals surface area contributed by atoms with Crippen molar-refractivity contribution in [3.05, 3.63) is 12.2 Å². The molecule has 2 rings (SSSR count). The van der Waals surface area contributed by atoms with Gasteiger partial charge in [-0.1, -0.05) is 6.92 Å². The molecule has 1 atom stereocenters. The third-order valence-corrected chi connectivity index (χ3v) is 3.40.